The van der Waals surface area contributed by atoms with E-state index in [0.29, 0.717) is 30.9 Å². The lowest BCUT2D eigenvalue weighted by atomic mass is 9.93. The molecule has 0 aliphatic carbocycles. The van der Waals surface area contributed by atoms with Crippen molar-refractivity contribution in [2.24, 2.45) is 0 Å². The maximum atomic E-state index is 13.1. The molecule has 2 fully saturated rings. The molecule has 0 aromatic carbocycles. The van der Waals surface area contributed by atoms with Gasteiger partial charge in [-0.05, 0) is 25.3 Å². The van der Waals surface area contributed by atoms with E-state index in [-0.39, 0.29) is 16.6 Å². The van der Waals surface area contributed by atoms with E-state index in [0.717, 1.165) is 47.0 Å². The Hall–Kier alpha value is -1.84. The Morgan fingerprint density at radius 2 is 1.90 bits per heavy atom. The van der Waals surface area contributed by atoms with E-state index in [9.17, 15) is 9.59 Å². The van der Waals surface area contributed by atoms with E-state index in [1.165, 1.54) is 22.5 Å². The van der Waals surface area contributed by atoms with Crippen molar-refractivity contribution < 1.29 is 14.3 Å². The molecule has 1 N–H and O–H groups in total. The Morgan fingerprint density at radius 3 is 2.68 bits per heavy atom. The molecule has 0 radical (unpaired) electrons. The van der Waals surface area contributed by atoms with Crippen molar-refractivity contribution in [3.05, 3.63) is 16.0 Å². The van der Waals surface area contributed by atoms with E-state index < -0.39 is 5.66 Å². The first kappa shape index (κ1) is 19.8. The summed E-state index contributed by atoms with van der Waals surface area (Å²) in [4.78, 5) is 36.8. The number of anilines is 2. The molecule has 0 bridgehead atoms. The number of fused-ring (bicyclic) bond motifs is 7. The Kier molecular flexibility index (Phi) is 4.21. The zero-order valence-electron chi connectivity index (χ0n) is 18.0. The quantitative estimate of drug-likeness (QED) is 0.707. The maximum Gasteiger partial charge on any atom is 0.265 e. The monoisotopic (exact) mass is 458 g/mol. The molecule has 2 saturated heterocycles. The number of morpholine rings is 1. The molecular formula is C22H26N4O3S2. The highest BCUT2D eigenvalue weighted by atomic mass is 32.2. The number of ether oxygens (including phenoxy) is 1. The minimum atomic E-state index is -0.649. The lowest BCUT2D eigenvalue weighted by Crippen LogP contribution is -2.59. The first-order chi connectivity index (χ1) is 14.8. The van der Waals surface area contributed by atoms with Gasteiger partial charge in [0.1, 0.15) is 21.2 Å². The van der Waals surface area contributed by atoms with Crippen LogP contribution in [0.2, 0.25) is 0 Å². The lowest BCUT2D eigenvalue weighted by Gasteiger charge is -2.40. The predicted molar refractivity (Wildman–Crippen MR) is 124 cm³/mol. The molecule has 4 aliphatic rings. The topological polar surface area (TPSA) is 74.8 Å². The Labute approximate surface area is 189 Å². The summed E-state index contributed by atoms with van der Waals surface area (Å²) in [6.45, 7) is 9.58. The summed E-state index contributed by atoms with van der Waals surface area (Å²) in [6.07, 6.45) is 1.99. The van der Waals surface area contributed by atoms with E-state index in [2.05, 4.69) is 24.1 Å². The van der Waals surface area contributed by atoms with Gasteiger partial charge in [0.15, 0.2) is 0 Å². The fraction of sp³-hybridized carbons (Fsp3) is 0.591. The number of thiophene rings is 1. The average molecular weight is 459 g/mol. The first-order valence-corrected chi connectivity index (χ1v) is 12.7. The molecule has 9 heteroatoms. The maximum absolute atomic E-state index is 13.1. The summed E-state index contributed by atoms with van der Waals surface area (Å²) in [6, 6.07) is 0. The molecule has 2 amide bonds. The van der Waals surface area contributed by atoms with Crippen molar-refractivity contribution in [2.45, 2.75) is 56.2 Å². The van der Waals surface area contributed by atoms with Crippen LogP contribution in [0.1, 0.15) is 54.4 Å². The standard InChI is InChI=1S/C22H26N4O3S2/c1-21(2)10-12-13(11-30-21)18(25-6-8-29-9-7-25)23-20-15(12)16-17(31-20)19(28)24-22(3)5-4-14(27)26(16)22/h4-11H2,1-3H3,(H,24,28)/t22-/m1/s1. The number of amides is 2. The van der Waals surface area contributed by atoms with Gasteiger partial charge < -0.3 is 15.0 Å². The number of thioether (sulfide) groups is 1. The smallest absolute Gasteiger partial charge is 0.265 e. The van der Waals surface area contributed by atoms with Gasteiger partial charge in [-0.2, -0.15) is 11.8 Å². The second-order valence-corrected chi connectivity index (χ2v) is 12.3. The number of pyridine rings is 1. The number of carbonyl (C=O) groups is 2. The number of nitrogens with zero attached hydrogens (tertiary/aromatic N) is 3. The third kappa shape index (κ3) is 2.85. The first-order valence-electron chi connectivity index (χ1n) is 10.9. The second-order valence-electron chi connectivity index (χ2n) is 9.63. The van der Waals surface area contributed by atoms with Crippen LogP contribution in [0.5, 0.6) is 0 Å². The molecule has 0 spiro atoms. The highest BCUT2D eigenvalue weighted by Gasteiger charge is 2.50. The summed E-state index contributed by atoms with van der Waals surface area (Å²) in [5, 5.41) is 4.12. The largest absolute Gasteiger partial charge is 0.378 e. The molecule has 0 unspecified atom stereocenters. The van der Waals surface area contributed by atoms with Gasteiger partial charge in [-0.1, -0.05) is 13.8 Å². The van der Waals surface area contributed by atoms with Gasteiger partial charge in [0.25, 0.3) is 5.91 Å². The van der Waals surface area contributed by atoms with Gasteiger partial charge in [-0.3, -0.25) is 14.5 Å². The van der Waals surface area contributed by atoms with Gasteiger partial charge in [0, 0.05) is 41.0 Å². The Balaban J connectivity index is 1.64. The third-order valence-corrected chi connectivity index (χ3v) is 9.34. The van der Waals surface area contributed by atoms with Crippen LogP contribution in [0.3, 0.4) is 0 Å². The van der Waals surface area contributed by atoms with Crippen LogP contribution >= 0.6 is 23.1 Å². The summed E-state index contributed by atoms with van der Waals surface area (Å²) in [7, 11) is 0. The fourth-order valence-electron chi connectivity index (χ4n) is 5.35. The normalized spacial score (nSPS) is 27.2. The van der Waals surface area contributed by atoms with Crippen LogP contribution in [-0.2, 0) is 21.7 Å². The summed E-state index contributed by atoms with van der Waals surface area (Å²) in [5.74, 6) is 1.92. The molecular weight excluding hydrogens is 432 g/mol. The number of rotatable bonds is 1. The van der Waals surface area contributed by atoms with Crippen molar-refractivity contribution in [3.63, 3.8) is 0 Å². The van der Waals surface area contributed by atoms with Crippen LogP contribution in [0.25, 0.3) is 10.2 Å². The molecule has 0 saturated carbocycles. The third-order valence-electron chi connectivity index (χ3n) is 6.91. The van der Waals surface area contributed by atoms with Crippen LogP contribution in [0, 0.1) is 0 Å². The average Bonchev–Trinajstić information content (AvgIpc) is 3.25. The molecule has 2 aromatic heterocycles. The van der Waals surface area contributed by atoms with Gasteiger partial charge in [0.2, 0.25) is 5.91 Å². The highest BCUT2D eigenvalue weighted by molar-refractivity contribution is 7.99. The van der Waals surface area contributed by atoms with E-state index in [1.807, 2.05) is 23.6 Å². The van der Waals surface area contributed by atoms with Crippen molar-refractivity contribution in [3.8, 4) is 0 Å². The van der Waals surface area contributed by atoms with Gasteiger partial charge in [-0.25, -0.2) is 4.98 Å². The second kappa shape index (κ2) is 6.59. The minimum absolute atomic E-state index is 0.0823. The number of aromatic nitrogens is 1. The molecule has 6 rings (SSSR count). The van der Waals surface area contributed by atoms with Crippen molar-refractivity contribution in [2.75, 3.05) is 36.1 Å². The molecule has 31 heavy (non-hydrogen) atoms. The van der Waals surface area contributed by atoms with Crippen LogP contribution < -0.4 is 15.1 Å². The van der Waals surface area contributed by atoms with Gasteiger partial charge in [-0.15, -0.1) is 11.3 Å². The Morgan fingerprint density at radius 1 is 1.13 bits per heavy atom. The molecule has 2 aromatic rings. The van der Waals surface area contributed by atoms with Crippen LogP contribution in [0.15, 0.2) is 0 Å². The molecule has 164 valence electrons. The zero-order chi connectivity index (χ0) is 21.5. The van der Waals surface area contributed by atoms with E-state index >= 15 is 0 Å². The predicted octanol–water partition coefficient (Wildman–Crippen LogP) is 3.29. The summed E-state index contributed by atoms with van der Waals surface area (Å²) in [5.41, 5.74) is 2.68. The molecule has 1 atom stereocenters. The van der Waals surface area contributed by atoms with Crippen molar-refractivity contribution >= 4 is 56.6 Å². The van der Waals surface area contributed by atoms with Crippen LogP contribution in [-0.4, -0.2) is 53.5 Å². The molecule has 4 aliphatic heterocycles. The zero-order valence-corrected chi connectivity index (χ0v) is 19.7. The van der Waals surface area contributed by atoms with E-state index in [1.54, 1.807) is 0 Å². The van der Waals surface area contributed by atoms with Crippen molar-refractivity contribution in [1.82, 2.24) is 10.3 Å². The van der Waals surface area contributed by atoms with E-state index in [4.69, 9.17) is 9.72 Å². The number of hydrogen-bond donors (Lipinski definition) is 1. The fourth-order valence-corrected chi connectivity index (χ4v) is 7.51. The molecule has 6 heterocycles. The minimum Gasteiger partial charge on any atom is -0.378 e. The summed E-state index contributed by atoms with van der Waals surface area (Å²) < 4.78 is 5.66. The van der Waals surface area contributed by atoms with Gasteiger partial charge >= 0.3 is 0 Å². The SMILES string of the molecule is CC1(C)Cc2c(c(N3CCOCC3)nc3sc4c(c23)N2C(=O)CC[C@]2(C)NC4=O)CS1. The lowest BCUT2D eigenvalue weighted by molar-refractivity contribution is -0.117. The summed E-state index contributed by atoms with van der Waals surface area (Å²) >= 11 is 3.38. The van der Waals surface area contributed by atoms with Crippen molar-refractivity contribution in [1.29, 1.82) is 0 Å². The molecule has 7 nitrogen and oxygen atoms in total. The Bertz CT molecular complexity index is 1140. The number of nitrogens with one attached hydrogen (secondary N) is 1. The highest BCUT2D eigenvalue weighted by Crippen LogP contribution is 2.52. The number of carbonyl (C=O) groups excluding carboxylic acids is 2. The van der Waals surface area contributed by atoms with Gasteiger partial charge in [0.05, 0.1) is 18.9 Å². The van der Waals surface area contributed by atoms with Crippen LogP contribution in [0.4, 0.5) is 11.5 Å². The number of hydrogen-bond acceptors (Lipinski definition) is 7.